The van der Waals surface area contributed by atoms with Crippen LogP contribution in [0.25, 0.3) is 0 Å². The van der Waals surface area contributed by atoms with E-state index in [1.807, 2.05) is 28.1 Å². The molecule has 2 amide bonds. The van der Waals surface area contributed by atoms with Crippen molar-refractivity contribution in [2.75, 3.05) is 6.54 Å². The van der Waals surface area contributed by atoms with Gasteiger partial charge in [0.2, 0.25) is 0 Å². The molecule has 26 heavy (non-hydrogen) atoms. The molecular weight excluding hydrogens is 326 g/mol. The molecule has 1 aromatic carbocycles. The second kappa shape index (κ2) is 7.07. The fourth-order valence-corrected chi connectivity index (χ4v) is 3.49. The number of aromatic nitrogens is 3. The second-order valence-corrected chi connectivity index (χ2v) is 6.71. The lowest BCUT2D eigenvalue weighted by Crippen LogP contribution is -2.45. The number of nitrogens with one attached hydrogen (secondary N) is 1. The molecule has 6 heteroatoms. The van der Waals surface area contributed by atoms with Gasteiger partial charge in [0.25, 0.3) is 0 Å². The zero-order valence-corrected chi connectivity index (χ0v) is 14.9. The number of carbonyl (C=O) groups excluding carboxylic acids is 1. The highest BCUT2D eigenvalue weighted by molar-refractivity contribution is 5.74. The van der Waals surface area contributed by atoms with Gasteiger partial charge in [-0.25, -0.2) is 9.78 Å². The summed E-state index contributed by atoms with van der Waals surface area (Å²) < 4.78 is 4.25. The van der Waals surface area contributed by atoms with Crippen LogP contribution in [-0.4, -0.2) is 31.6 Å². The Balaban J connectivity index is 1.33. The average Bonchev–Trinajstić information content (AvgIpc) is 3.33. The van der Waals surface area contributed by atoms with E-state index in [4.69, 9.17) is 0 Å². The van der Waals surface area contributed by atoms with Gasteiger partial charge in [-0.05, 0) is 30.2 Å². The Bertz CT molecular complexity index is 866. The number of fused-ring (bicyclic) bond motifs is 1. The Kier molecular flexibility index (Phi) is 4.48. The average molecular weight is 349 g/mol. The molecule has 1 atom stereocenters. The van der Waals surface area contributed by atoms with Crippen LogP contribution in [0.4, 0.5) is 4.79 Å². The fraction of sp³-hybridized carbons (Fsp3) is 0.300. The number of carbonyl (C=O) groups is 1. The first-order valence-electron chi connectivity index (χ1n) is 8.94. The van der Waals surface area contributed by atoms with E-state index in [9.17, 15) is 4.79 Å². The molecule has 0 fully saturated rings. The Morgan fingerprint density at radius 2 is 1.96 bits per heavy atom. The van der Waals surface area contributed by atoms with Crippen molar-refractivity contribution < 1.29 is 4.79 Å². The van der Waals surface area contributed by atoms with Crippen molar-refractivity contribution in [2.24, 2.45) is 0 Å². The number of rotatable bonds is 4. The predicted molar refractivity (Wildman–Crippen MR) is 99.6 cm³/mol. The summed E-state index contributed by atoms with van der Waals surface area (Å²) in [5, 5.41) is 3.05. The number of urea groups is 1. The van der Waals surface area contributed by atoms with Gasteiger partial charge in [0.05, 0.1) is 12.4 Å². The second-order valence-electron chi connectivity index (χ2n) is 6.71. The van der Waals surface area contributed by atoms with Crippen LogP contribution in [0.1, 0.15) is 29.8 Å². The van der Waals surface area contributed by atoms with E-state index < -0.39 is 0 Å². The third-order valence-corrected chi connectivity index (χ3v) is 4.99. The number of hydrogen-bond donors (Lipinski definition) is 1. The molecule has 2 aromatic heterocycles. The van der Waals surface area contributed by atoms with Crippen LogP contribution < -0.4 is 5.32 Å². The van der Waals surface area contributed by atoms with Crippen LogP contribution in [0, 0.1) is 0 Å². The van der Waals surface area contributed by atoms with E-state index in [2.05, 4.69) is 58.3 Å². The summed E-state index contributed by atoms with van der Waals surface area (Å²) in [5.41, 5.74) is 3.50. The predicted octanol–water partition coefficient (Wildman–Crippen LogP) is 3.02. The maximum Gasteiger partial charge on any atom is 0.318 e. The van der Waals surface area contributed by atoms with E-state index >= 15 is 0 Å². The lowest BCUT2D eigenvalue weighted by molar-refractivity contribution is 0.162. The molecule has 1 aliphatic heterocycles. The van der Waals surface area contributed by atoms with Gasteiger partial charge in [0.1, 0.15) is 0 Å². The molecule has 0 unspecified atom stereocenters. The molecule has 0 bridgehead atoms. The first-order valence-corrected chi connectivity index (χ1v) is 8.94. The monoisotopic (exact) mass is 349 g/mol. The highest BCUT2D eigenvalue weighted by Gasteiger charge is 2.27. The summed E-state index contributed by atoms with van der Waals surface area (Å²) in [6.45, 7) is 5.00. The molecule has 0 saturated carbocycles. The molecule has 0 saturated heterocycles. The maximum absolute atomic E-state index is 12.6. The quantitative estimate of drug-likeness (QED) is 0.787. The van der Waals surface area contributed by atoms with Crippen molar-refractivity contribution in [3.63, 3.8) is 0 Å². The lowest BCUT2D eigenvalue weighted by atomic mass is 10.1. The summed E-state index contributed by atoms with van der Waals surface area (Å²) in [6, 6.07) is 12.5. The lowest BCUT2D eigenvalue weighted by Gasteiger charge is -2.34. The zero-order chi connectivity index (χ0) is 17.9. The number of imidazole rings is 1. The largest absolute Gasteiger partial charge is 0.348 e. The smallest absolute Gasteiger partial charge is 0.318 e. The molecule has 0 radical (unpaired) electrons. The molecule has 4 rings (SSSR count). The number of amides is 2. The summed E-state index contributed by atoms with van der Waals surface area (Å²) in [6.07, 6.45) is 7.61. The topological polar surface area (TPSA) is 55.1 Å². The molecule has 1 N–H and O–H groups in total. The molecule has 6 nitrogen and oxygen atoms in total. The van der Waals surface area contributed by atoms with E-state index in [-0.39, 0.29) is 12.1 Å². The maximum atomic E-state index is 12.6. The third kappa shape index (κ3) is 3.35. The third-order valence-electron chi connectivity index (χ3n) is 4.99. The molecule has 134 valence electrons. The van der Waals surface area contributed by atoms with Gasteiger partial charge in [-0.2, -0.15) is 0 Å². The Morgan fingerprint density at radius 3 is 2.73 bits per heavy atom. The SMILES string of the molecule is C[C@H]1c2cccn2CCN1C(=O)NCc1ccc(Cn2ccnc2)cc1. The minimum absolute atomic E-state index is 0.00700. The minimum Gasteiger partial charge on any atom is -0.348 e. The summed E-state index contributed by atoms with van der Waals surface area (Å²) in [5.74, 6) is 0. The van der Waals surface area contributed by atoms with Gasteiger partial charge in [0.15, 0.2) is 0 Å². The van der Waals surface area contributed by atoms with Crippen LogP contribution in [-0.2, 0) is 19.6 Å². The van der Waals surface area contributed by atoms with Crippen molar-refractivity contribution in [3.05, 3.63) is 78.1 Å². The Labute approximate surface area is 153 Å². The van der Waals surface area contributed by atoms with Gasteiger partial charge in [-0.3, -0.25) is 0 Å². The highest BCUT2D eigenvalue weighted by atomic mass is 16.2. The number of nitrogens with zero attached hydrogens (tertiary/aromatic N) is 4. The zero-order valence-electron chi connectivity index (χ0n) is 14.9. The van der Waals surface area contributed by atoms with Crippen molar-refractivity contribution in [3.8, 4) is 0 Å². The standard InChI is InChI=1S/C20H23N5O/c1-16-19-3-2-9-24(19)11-12-25(16)20(26)22-13-17-4-6-18(7-5-17)14-23-10-8-21-15-23/h2-10,15-16H,11-14H2,1H3,(H,22,26)/t16-/m0/s1. The summed E-state index contributed by atoms with van der Waals surface area (Å²) >= 11 is 0. The molecule has 0 aliphatic carbocycles. The molecule has 3 heterocycles. The van der Waals surface area contributed by atoms with Crippen LogP contribution in [0.5, 0.6) is 0 Å². The van der Waals surface area contributed by atoms with Crippen LogP contribution in [0.3, 0.4) is 0 Å². The first kappa shape index (κ1) is 16.4. The van der Waals surface area contributed by atoms with Crippen LogP contribution in [0.2, 0.25) is 0 Å². The van der Waals surface area contributed by atoms with Crippen LogP contribution in [0.15, 0.2) is 61.3 Å². The van der Waals surface area contributed by atoms with Gasteiger partial charge >= 0.3 is 6.03 Å². The van der Waals surface area contributed by atoms with Crippen molar-refractivity contribution >= 4 is 6.03 Å². The van der Waals surface area contributed by atoms with Gasteiger partial charge < -0.3 is 19.4 Å². The fourth-order valence-electron chi connectivity index (χ4n) is 3.49. The Morgan fingerprint density at radius 1 is 1.15 bits per heavy atom. The summed E-state index contributed by atoms with van der Waals surface area (Å²) in [4.78, 5) is 18.5. The number of hydrogen-bond acceptors (Lipinski definition) is 2. The molecule has 0 spiro atoms. The molecule has 3 aromatic rings. The van der Waals surface area contributed by atoms with E-state index in [1.165, 1.54) is 11.3 Å². The first-order chi connectivity index (χ1) is 12.7. The van der Waals surface area contributed by atoms with Gasteiger partial charge in [-0.15, -0.1) is 0 Å². The van der Waals surface area contributed by atoms with E-state index in [0.29, 0.717) is 6.54 Å². The van der Waals surface area contributed by atoms with Crippen LogP contribution >= 0.6 is 0 Å². The minimum atomic E-state index is -0.00700. The Hall–Kier alpha value is -3.02. The summed E-state index contributed by atoms with van der Waals surface area (Å²) in [7, 11) is 0. The van der Waals surface area contributed by atoms with Gasteiger partial charge in [0, 0.05) is 50.5 Å². The number of benzene rings is 1. The van der Waals surface area contributed by atoms with Crippen molar-refractivity contribution in [2.45, 2.75) is 32.6 Å². The highest BCUT2D eigenvalue weighted by Crippen LogP contribution is 2.25. The van der Waals surface area contributed by atoms with Crippen molar-refractivity contribution in [1.82, 2.24) is 24.3 Å². The van der Waals surface area contributed by atoms with E-state index in [1.54, 1.807) is 6.20 Å². The molecule has 1 aliphatic rings. The van der Waals surface area contributed by atoms with Crippen molar-refractivity contribution in [1.29, 1.82) is 0 Å². The normalized spacial score (nSPS) is 16.3. The van der Waals surface area contributed by atoms with Gasteiger partial charge in [-0.1, -0.05) is 24.3 Å². The molecular formula is C20H23N5O. The van der Waals surface area contributed by atoms with E-state index in [0.717, 1.165) is 25.2 Å².